The molecular formula is C20H21F2N3O3. The van der Waals surface area contributed by atoms with Crippen molar-refractivity contribution < 1.29 is 23.2 Å². The van der Waals surface area contributed by atoms with E-state index in [0.29, 0.717) is 0 Å². The molecule has 0 aliphatic carbocycles. The molecule has 2 rings (SSSR count). The molecule has 0 aliphatic heterocycles. The second-order valence-electron chi connectivity index (χ2n) is 6.31. The highest BCUT2D eigenvalue weighted by atomic mass is 19.1. The summed E-state index contributed by atoms with van der Waals surface area (Å²) in [5.74, 6) is -3.14. The van der Waals surface area contributed by atoms with Gasteiger partial charge in [0, 0.05) is 19.8 Å². The Morgan fingerprint density at radius 3 is 1.75 bits per heavy atom. The number of halogens is 2. The van der Waals surface area contributed by atoms with Gasteiger partial charge in [0.25, 0.3) is 0 Å². The molecule has 2 atom stereocenters. The van der Waals surface area contributed by atoms with Crippen LogP contribution in [0.15, 0.2) is 48.5 Å². The van der Waals surface area contributed by atoms with Gasteiger partial charge in [-0.15, -0.1) is 0 Å². The molecule has 0 heterocycles. The minimum absolute atomic E-state index is 0.122. The second-order valence-corrected chi connectivity index (χ2v) is 6.31. The lowest BCUT2D eigenvalue weighted by atomic mass is 10.0. The fourth-order valence-electron chi connectivity index (χ4n) is 2.72. The van der Waals surface area contributed by atoms with Crippen molar-refractivity contribution in [2.24, 2.45) is 5.73 Å². The molecule has 148 valence electrons. The fourth-order valence-corrected chi connectivity index (χ4v) is 2.72. The standard InChI is InChI=1S/C20H21F2N3O3/c1-12(26)24-18(11-14-7-3-5-9-16(14)22)20(28)25-17(19(23)27)10-13-6-2-4-8-15(13)21/h2-9,17-18H,10-11H2,1H3,(H2,23,27)(H,24,26)(H,25,28)/t17-,18+/m0/s1. The highest BCUT2D eigenvalue weighted by molar-refractivity contribution is 5.91. The summed E-state index contributed by atoms with van der Waals surface area (Å²) in [6.45, 7) is 1.21. The average molecular weight is 389 g/mol. The van der Waals surface area contributed by atoms with Crippen molar-refractivity contribution in [1.82, 2.24) is 10.6 Å². The van der Waals surface area contributed by atoms with E-state index in [9.17, 15) is 23.2 Å². The van der Waals surface area contributed by atoms with Crippen LogP contribution >= 0.6 is 0 Å². The van der Waals surface area contributed by atoms with Crippen molar-refractivity contribution in [2.75, 3.05) is 0 Å². The van der Waals surface area contributed by atoms with Crippen LogP contribution in [0.3, 0.4) is 0 Å². The lowest BCUT2D eigenvalue weighted by Gasteiger charge is -2.22. The molecular weight excluding hydrogens is 368 g/mol. The molecule has 0 unspecified atom stereocenters. The second kappa shape index (κ2) is 9.59. The normalized spacial score (nSPS) is 12.7. The first-order valence-corrected chi connectivity index (χ1v) is 8.61. The van der Waals surface area contributed by atoms with Crippen molar-refractivity contribution in [2.45, 2.75) is 31.8 Å². The maximum atomic E-state index is 13.9. The van der Waals surface area contributed by atoms with Crippen LogP contribution in [0, 0.1) is 11.6 Å². The van der Waals surface area contributed by atoms with Gasteiger partial charge in [-0.05, 0) is 23.3 Å². The minimum atomic E-state index is -1.19. The maximum absolute atomic E-state index is 13.9. The van der Waals surface area contributed by atoms with Crippen LogP contribution in [0.5, 0.6) is 0 Å². The highest BCUT2D eigenvalue weighted by Gasteiger charge is 2.26. The van der Waals surface area contributed by atoms with Gasteiger partial charge in [-0.3, -0.25) is 14.4 Å². The number of rotatable bonds is 8. The van der Waals surface area contributed by atoms with Crippen molar-refractivity contribution in [1.29, 1.82) is 0 Å². The van der Waals surface area contributed by atoms with E-state index in [-0.39, 0.29) is 24.0 Å². The Labute approximate surface area is 161 Å². The summed E-state index contributed by atoms with van der Waals surface area (Å²) < 4.78 is 27.8. The summed E-state index contributed by atoms with van der Waals surface area (Å²) in [5.41, 5.74) is 5.77. The van der Waals surface area contributed by atoms with Gasteiger partial charge < -0.3 is 16.4 Å². The van der Waals surface area contributed by atoms with E-state index in [1.54, 1.807) is 12.1 Å². The number of hydrogen-bond donors (Lipinski definition) is 3. The number of hydrogen-bond acceptors (Lipinski definition) is 3. The summed E-state index contributed by atoms with van der Waals surface area (Å²) in [5, 5.41) is 4.85. The van der Waals surface area contributed by atoms with Gasteiger partial charge in [0.1, 0.15) is 23.7 Å². The Hall–Kier alpha value is -3.29. The third-order valence-corrected chi connectivity index (χ3v) is 4.12. The number of benzene rings is 2. The van der Waals surface area contributed by atoms with Gasteiger partial charge in [-0.1, -0.05) is 36.4 Å². The number of nitrogens with two attached hydrogens (primary N) is 1. The Balaban J connectivity index is 2.17. The van der Waals surface area contributed by atoms with Crippen LogP contribution in [0.4, 0.5) is 8.78 Å². The zero-order valence-electron chi connectivity index (χ0n) is 15.2. The van der Waals surface area contributed by atoms with Crippen LogP contribution in [-0.4, -0.2) is 29.8 Å². The van der Waals surface area contributed by atoms with E-state index in [0.717, 1.165) is 0 Å². The van der Waals surface area contributed by atoms with Gasteiger partial charge in [0.2, 0.25) is 17.7 Å². The Morgan fingerprint density at radius 1 is 0.857 bits per heavy atom. The summed E-state index contributed by atoms with van der Waals surface area (Å²) in [4.78, 5) is 35.8. The molecule has 0 fully saturated rings. The first-order chi connectivity index (χ1) is 13.3. The number of nitrogens with one attached hydrogen (secondary N) is 2. The highest BCUT2D eigenvalue weighted by Crippen LogP contribution is 2.12. The first-order valence-electron chi connectivity index (χ1n) is 8.61. The van der Waals surface area contributed by atoms with Crippen molar-refractivity contribution in [3.8, 4) is 0 Å². The quantitative estimate of drug-likeness (QED) is 0.633. The van der Waals surface area contributed by atoms with Gasteiger partial charge in [-0.2, -0.15) is 0 Å². The predicted molar refractivity (Wildman–Crippen MR) is 98.9 cm³/mol. The minimum Gasteiger partial charge on any atom is -0.368 e. The van der Waals surface area contributed by atoms with Crippen molar-refractivity contribution in [3.05, 3.63) is 71.3 Å². The Morgan fingerprint density at radius 2 is 1.32 bits per heavy atom. The van der Waals surface area contributed by atoms with E-state index in [2.05, 4.69) is 10.6 Å². The molecule has 0 bridgehead atoms. The number of carbonyl (C=O) groups is 3. The lowest BCUT2D eigenvalue weighted by Crippen LogP contribution is -2.54. The predicted octanol–water partition coefficient (Wildman–Crippen LogP) is 1.22. The van der Waals surface area contributed by atoms with E-state index in [4.69, 9.17) is 5.73 Å². The van der Waals surface area contributed by atoms with Gasteiger partial charge in [0.05, 0.1) is 0 Å². The Bertz CT molecular complexity index is 873. The van der Waals surface area contributed by atoms with E-state index >= 15 is 0 Å². The monoisotopic (exact) mass is 389 g/mol. The van der Waals surface area contributed by atoms with Crippen LogP contribution in [0.25, 0.3) is 0 Å². The van der Waals surface area contributed by atoms with Crippen LogP contribution in [0.2, 0.25) is 0 Å². The van der Waals surface area contributed by atoms with Crippen molar-refractivity contribution in [3.63, 3.8) is 0 Å². The smallest absolute Gasteiger partial charge is 0.243 e. The number of primary amides is 1. The summed E-state index contributed by atoms with van der Waals surface area (Å²) in [6.07, 6.45) is -0.274. The molecule has 0 saturated heterocycles. The van der Waals surface area contributed by atoms with Gasteiger partial charge >= 0.3 is 0 Å². The largest absolute Gasteiger partial charge is 0.368 e. The maximum Gasteiger partial charge on any atom is 0.243 e. The molecule has 3 amide bonds. The Kier molecular flexibility index (Phi) is 7.20. The summed E-state index contributed by atoms with van der Waals surface area (Å²) in [7, 11) is 0. The van der Waals surface area contributed by atoms with E-state index in [1.807, 2.05) is 0 Å². The summed E-state index contributed by atoms with van der Waals surface area (Å²) in [6, 6.07) is 9.31. The fraction of sp³-hybridized carbons (Fsp3) is 0.250. The molecule has 0 saturated carbocycles. The summed E-state index contributed by atoms with van der Waals surface area (Å²) >= 11 is 0. The molecule has 0 aliphatic rings. The molecule has 6 nitrogen and oxygen atoms in total. The molecule has 0 aromatic heterocycles. The molecule has 2 aromatic rings. The molecule has 0 spiro atoms. The molecule has 28 heavy (non-hydrogen) atoms. The van der Waals surface area contributed by atoms with E-state index < -0.39 is 41.4 Å². The van der Waals surface area contributed by atoms with Gasteiger partial charge in [0.15, 0.2) is 0 Å². The molecule has 0 radical (unpaired) electrons. The number of amides is 3. The molecule has 2 aromatic carbocycles. The third-order valence-electron chi connectivity index (χ3n) is 4.12. The topological polar surface area (TPSA) is 101 Å². The van der Waals surface area contributed by atoms with Crippen LogP contribution in [0.1, 0.15) is 18.1 Å². The zero-order chi connectivity index (χ0) is 20.7. The molecule has 8 heteroatoms. The SMILES string of the molecule is CC(=O)N[C@H](Cc1ccccc1F)C(=O)N[C@@H](Cc1ccccc1F)C(N)=O. The van der Waals surface area contributed by atoms with Gasteiger partial charge in [-0.25, -0.2) is 8.78 Å². The van der Waals surface area contributed by atoms with E-state index in [1.165, 1.54) is 43.3 Å². The van der Waals surface area contributed by atoms with Crippen LogP contribution in [-0.2, 0) is 27.2 Å². The first kappa shape index (κ1) is 21.0. The molecule has 4 N–H and O–H groups in total. The third kappa shape index (κ3) is 5.87. The lowest BCUT2D eigenvalue weighted by molar-refractivity contribution is -0.130. The van der Waals surface area contributed by atoms with Crippen molar-refractivity contribution >= 4 is 17.7 Å². The van der Waals surface area contributed by atoms with Crippen LogP contribution < -0.4 is 16.4 Å². The zero-order valence-corrected chi connectivity index (χ0v) is 15.2. The number of carbonyl (C=O) groups excluding carboxylic acids is 3. The average Bonchev–Trinajstić information content (AvgIpc) is 2.63.